The normalized spacial score (nSPS) is 11.3. The lowest BCUT2D eigenvalue weighted by molar-refractivity contribution is 0.0950. The second-order valence-electron chi connectivity index (χ2n) is 7.48. The number of fused-ring (bicyclic) bond motifs is 1. The highest BCUT2D eigenvalue weighted by Crippen LogP contribution is 2.30. The molecular formula is C26H20N4O2S. The maximum Gasteiger partial charge on any atom is 0.307 e. The van der Waals surface area contributed by atoms with Crippen molar-refractivity contribution in [2.45, 2.75) is 6.92 Å². The van der Waals surface area contributed by atoms with E-state index in [-0.39, 0.29) is 5.91 Å². The second-order valence-corrected chi connectivity index (χ2v) is 8.71. The molecule has 0 spiro atoms. The fraction of sp³-hybridized carbons (Fsp3) is 0.0385. The maximum atomic E-state index is 13.2. The van der Waals surface area contributed by atoms with Crippen molar-refractivity contribution < 1.29 is 9.53 Å². The van der Waals surface area contributed by atoms with E-state index in [9.17, 15) is 4.79 Å². The van der Waals surface area contributed by atoms with Crippen molar-refractivity contribution in [2.75, 3.05) is 5.73 Å². The van der Waals surface area contributed by atoms with Crippen LogP contribution in [0.4, 0.5) is 5.69 Å². The van der Waals surface area contributed by atoms with Gasteiger partial charge in [-0.1, -0.05) is 42.5 Å². The van der Waals surface area contributed by atoms with Crippen LogP contribution < -0.4 is 10.5 Å². The Morgan fingerprint density at radius 2 is 1.82 bits per heavy atom. The van der Waals surface area contributed by atoms with Crippen molar-refractivity contribution in [3.05, 3.63) is 100 Å². The molecule has 2 aromatic heterocycles. The number of nitrogens with two attached hydrogens (primary N) is 1. The van der Waals surface area contributed by atoms with E-state index >= 15 is 0 Å². The first-order chi connectivity index (χ1) is 16.1. The molecule has 162 valence electrons. The molecule has 3 aromatic carbocycles. The Morgan fingerprint density at radius 3 is 2.58 bits per heavy atom. The van der Waals surface area contributed by atoms with Crippen LogP contribution >= 0.6 is 11.3 Å². The van der Waals surface area contributed by atoms with Crippen molar-refractivity contribution in [1.82, 2.24) is 14.8 Å². The van der Waals surface area contributed by atoms with Gasteiger partial charge in [0.2, 0.25) is 0 Å². The number of nitrogen functional groups attached to an aromatic ring is 1. The second kappa shape index (κ2) is 8.72. The minimum absolute atomic E-state index is 0.279. The number of benzene rings is 3. The first kappa shape index (κ1) is 20.7. The van der Waals surface area contributed by atoms with Gasteiger partial charge >= 0.3 is 5.91 Å². The number of aromatic nitrogens is 3. The van der Waals surface area contributed by atoms with E-state index < -0.39 is 0 Å². The van der Waals surface area contributed by atoms with Gasteiger partial charge in [0.15, 0.2) is 5.01 Å². The zero-order valence-electron chi connectivity index (χ0n) is 17.8. The molecule has 0 saturated heterocycles. The molecule has 0 unspecified atom stereocenters. The van der Waals surface area contributed by atoms with Crippen molar-refractivity contribution >= 4 is 46.0 Å². The number of hydrogen-bond donors (Lipinski definition) is 1. The minimum Gasteiger partial charge on any atom is -0.457 e. The Labute approximate surface area is 194 Å². The Hall–Kier alpha value is -4.23. The topological polar surface area (TPSA) is 83.0 Å². The third-order valence-electron chi connectivity index (χ3n) is 5.00. The van der Waals surface area contributed by atoms with Crippen molar-refractivity contribution in [1.29, 1.82) is 0 Å². The quantitative estimate of drug-likeness (QED) is 0.329. The van der Waals surface area contributed by atoms with E-state index in [2.05, 4.69) is 10.1 Å². The largest absolute Gasteiger partial charge is 0.457 e. The summed E-state index contributed by atoms with van der Waals surface area (Å²) in [6.45, 7) is 1.92. The van der Waals surface area contributed by atoms with E-state index in [1.54, 1.807) is 18.3 Å². The summed E-state index contributed by atoms with van der Waals surface area (Å²) in [5.41, 5.74) is 8.85. The van der Waals surface area contributed by atoms with E-state index in [1.807, 2.05) is 79.7 Å². The number of nitrogens with zero attached hydrogens (tertiary/aromatic N) is 3. The number of rotatable bonds is 5. The Balaban J connectivity index is 1.59. The van der Waals surface area contributed by atoms with Gasteiger partial charge < -0.3 is 10.5 Å². The minimum atomic E-state index is -0.279. The Kier molecular flexibility index (Phi) is 5.46. The predicted octanol–water partition coefficient (Wildman–Crippen LogP) is 6.03. The molecule has 0 bridgehead atoms. The van der Waals surface area contributed by atoms with Crippen molar-refractivity contribution in [3.8, 4) is 11.5 Å². The predicted molar refractivity (Wildman–Crippen MR) is 133 cm³/mol. The third-order valence-corrected chi connectivity index (χ3v) is 5.91. The first-order valence-corrected chi connectivity index (χ1v) is 11.1. The molecule has 7 heteroatoms. The molecule has 33 heavy (non-hydrogen) atoms. The lowest BCUT2D eigenvalue weighted by atomic mass is 10.1. The smallest absolute Gasteiger partial charge is 0.307 e. The number of hydrogen-bond acceptors (Lipinski definition) is 6. The van der Waals surface area contributed by atoms with Crippen molar-refractivity contribution in [2.24, 2.45) is 0 Å². The molecule has 6 nitrogen and oxygen atoms in total. The van der Waals surface area contributed by atoms with Crippen LogP contribution in [-0.4, -0.2) is 20.7 Å². The summed E-state index contributed by atoms with van der Waals surface area (Å²) in [4.78, 5) is 18.5. The summed E-state index contributed by atoms with van der Waals surface area (Å²) < 4.78 is 7.38. The van der Waals surface area contributed by atoms with Crippen LogP contribution in [0.2, 0.25) is 0 Å². The summed E-state index contributed by atoms with van der Waals surface area (Å²) in [5, 5.41) is 5.85. The lowest BCUT2D eigenvalue weighted by Crippen LogP contribution is -2.13. The average molecular weight is 453 g/mol. The molecule has 5 aromatic rings. The SMILES string of the molecule is Cc1cnc(C(=O)n2nc(C=Cc3ccccc3)c3ccc(Oc4cccc(N)c4)cc32)s1. The number of anilines is 1. The highest BCUT2D eigenvalue weighted by molar-refractivity contribution is 7.13. The average Bonchev–Trinajstić information content (AvgIpc) is 3.41. The van der Waals surface area contributed by atoms with Crippen LogP contribution in [0.25, 0.3) is 23.1 Å². The van der Waals surface area contributed by atoms with E-state index in [0.717, 1.165) is 15.8 Å². The van der Waals surface area contributed by atoms with Gasteiger partial charge in [0.05, 0.1) is 11.2 Å². The number of carbonyl (C=O) groups excluding carboxylic acids is 1. The highest BCUT2D eigenvalue weighted by Gasteiger charge is 2.19. The molecule has 0 atom stereocenters. The van der Waals surface area contributed by atoms with E-state index in [0.29, 0.717) is 33.4 Å². The molecule has 0 radical (unpaired) electrons. The zero-order valence-corrected chi connectivity index (χ0v) is 18.6. The fourth-order valence-corrected chi connectivity index (χ4v) is 4.15. The van der Waals surface area contributed by atoms with Gasteiger partial charge in [-0.3, -0.25) is 4.79 Å². The monoisotopic (exact) mass is 452 g/mol. The molecule has 0 amide bonds. The van der Waals surface area contributed by atoms with Gasteiger partial charge in [-0.05, 0) is 42.8 Å². The van der Waals surface area contributed by atoms with Gasteiger partial charge in [0.25, 0.3) is 0 Å². The van der Waals surface area contributed by atoms with Crippen LogP contribution in [0.3, 0.4) is 0 Å². The summed E-state index contributed by atoms with van der Waals surface area (Å²) in [6.07, 6.45) is 5.57. The van der Waals surface area contributed by atoms with Crippen LogP contribution in [0.5, 0.6) is 11.5 Å². The molecule has 0 aliphatic carbocycles. The van der Waals surface area contributed by atoms with Crippen LogP contribution in [-0.2, 0) is 0 Å². The third kappa shape index (κ3) is 4.40. The molecule has 0 saturated carbocycles. The number of carbonyl (C=O) groups is 1. The lowest BCUT2D eigenvalue weighted by Gasteiger charge is -2.07. The summed E-state index contributed by atoms with van der Waals surface area (Å²) in [7, 11) is 0. The molecule has 0 aliphatic rings. The van der Waals surface area contributed by atoms with Gasteiger partial charge in [-0.2, -0.15) is 9.78 Å². The highest BCUT2D eigenvalue weighted by atomic mass is 32.1. The maximum absolute atomic E-state index is 13.2. The summed E-state index contributed by atoms with van der Waals surface area (Å²) in [5.74, 6) is 0.918. The zero-order chi connectivity index (χ0) is 22.8. The van der Waals surface area contributed by atoms with Gasteiger partial charge in [-0.25, -0.2) is 4.98 Å². The number of ether oxygens (including phenoxy) is 1. The summed E-state index contributed by atoms with van der Waals surface area (Å²) in [6, 6.07) is 22.7. The molecule has 0 fully saturated rings. The molecule has 2 heterocycles. The molecule has 2 N–H and O–H groups in total. The van der Waals surface area contributed by atoms with Gasteiger partial charge in [0, 0.05) is 34.3 Å². The molecule has 5 rings (SSSR count). The first-order valence-electron chi connectivity index (χ1n) is 10.3. The number of aryl methyl sites for hydroxylation is 1. The number of thiazole rings is 1. The van der Waals surface area contributed by atoms with E-state index in [4.69, 9.17) is 10.5 Å². The van der Waals surface area contributed by atoms with Crippen LogP contribution in [0.1, 0.15) is 25.9 Å². The molecule has 0 aliphatic heterocycles. The van der Waals surface area contributed by atoms with Gasteiger partial charge in [-0.15, -0.1) is 11.3 Å². The Bertz CT molecular complexity index is 1490. The fourth-order valence-electron chi connectivity index (χ4n) is 3.46. The van der Waals surface area contributed by atoms with Crippen LogP contribution in [0, 0.1) is 6.92 Å². The van der Waals surface area contributed by atoms with Crippen LogP contribution in [0.15, 0.2) is 79.0 Å². The van der Waals surface area contributed by atoms with Crippen molar-refractivity contribution in [3.63, 3.8) is 0 Å². The Morgan fingerprint density at radius 1 is 1.00 bits per heavy atom. The standard InChI is InChI=1S/C26H20N4O2S/c1-17-16-28-25(33-17)26(31)30-24-15-21(32-20-9-5-8-19(27)14-20)11-12-22(24)23(29-30)13-10-18-6-3-2-4-7-18/h2-16H,27H2,1H3. The van der Waals surface area contributed by atoms with E-state index in [1.165, 1.54) is 16.0 Å². The summed E-state index contributed by atoms with van der Waals surface area (Å²) >= 11 is 1.34. The van der Waals surface area contributed by atoms with Gasteiger partial charge in [0.1, 0.15) is 11.5 Å². The molecular weight excluding hydrogens is 432 g/mol.